The molecule has 100 valence electrons. The highest BCUT2D eigenvalue weighted by atomic mass is 16.5. The molecule has 19 heavy (non-hydrogen) atoms. The van der Waals surface area contributed by atoms with Crippen molar-refractivity contribution in [1.82, 2.24) is 10.1 Å². The van der Waals surface area contributed by atoms with Crippen LogP contribution < -0.4 is 4.90 Å². The van der Waals surface area contributed by atoms with Crippen LogP contribution in [0.2, 0.25) is 0 Å². The molecule has 7 nitrogen and oxygen atoms in total. The SMILES string of the molecule is Oc1ccc(O)c(-c2nc(N3CCOCC3)no2)c1. The summed E-state index contributed by atoms with van der Waals surface area (Å²) >= 11 is 0. The molecule has 1 fully saturated rings. The lowest BCUT2D eigenvalue weighted by Gasteiger charge is -2.24. The average Bonchev–Trinajstić information content (AvgIpc) is 2.92. The number of hydrogen-bond acceptors (Lipinski definition) is 7. The summed E-state index contributed by atoms with van der Waals surface area (Å²) < 4.78 is 10.4. The van der Waals surface area contributed by atoms with Crippen LogP contribution >= 0.6 is 0 Å². The maximum Gasteiger partial charge on any atom is 0.266 e. The zero-order valence-corrected chi connectivity index (χ0v) is 10.1. The number of hydrogen-bond donors (Lipinski definition) is 2. The van der Waals surface area contributed by atoms with Crippen molar-refractivity contribution in [2.75, 3.05) is 31.2 Å². The molecule has 0 radical (unpaired) electrons. The second kappa shape index (κ2) is 4.77. The number of nitrogens with zero attached hydrogens (tertiary/aromatic N) is 3. The smallest absolute Gasteiger partial charge is 0.266 e. The Balaban J connectivity index is 1.89. The Morgan fingerprint density at radius 2 is 1.95 bits per heavy atom. The molecular formula is C12H13N3O4. The third-order valence-electron chi connectivity index (χ3n) is 2.92. The van der Waals surface area contributed by atoms with Crippen LogP contribution in [0.5, 0.6) is 11.5 Å². The van der Waals surface area contributed by atoms with Gasteiger partial charge in [-0.25, -0.2) is 0 Å². The first-order valence-electron chi connectivity index (χ1n) is 5.93. The Labute approximate surface area is 109 Å². The number of aromatic nitrogens is 2. The lowest BCUT2D eigenvalue weighted by atomic mass is 10.2. The lowest BCUT2D eigenvalue weighted by Crippen LogP contribution is -2.36. The number of anilines is 1. The number of phenolic OH excluding ortho intramolecular Hbond substituents is 2. The van der Waals surface area contributed by atoms with Crippen molar-refractivity contribution in [3.63, 3.8) is 0 Å². The van der Waals surface area contributed by atoms with Gasteiger partial charge in [0.25, 0.3) is 11.8 Å². The van der Waals surface area contributed by atoms with Gasteiger partial charge in [-0.05, 0) is 23.4 Å². The molecule has 0 bridgehead atoms. The Morgan fingerprint density at radius 1 is 1.16 bits per heavy atom. The monoisotopic (exact) mass is 263 g/mol. The van der Waals surface area contributed by atoms with Crippen LogP contribution in [-0.4, -0.2) is 46.7 Å². The minimum atomic E-state index is -0.0185. The van der Waals surface area contributed by atoms with E-state index in [1.807, 2.05) is 4.90 Å². The molecule has 1 aromatic heterocycles. The topological polar surface area (TPSA) is 91.9 Å². The van der Waals surface area contributed by atoms with Crippen molar-refractivity contribution in [2.45, 2.75) is 0 Å². The van der Waals surface area contributed by atoms with Gasteiger partial charge in [0.05, 0.1) is 18.8 Å². The molecule has 0 aliphatic carbocycles. The fourth-order valence-corrected chi connectivity index (χ4v) is 1.91. The molecule has 0 spiro atoms. The van der Waals surface area contributed by atoms with Crippen LogP contribution in [0.3, 0.4) is 0 Å². The zero-order chi connectivity index (χ0) is 13.2. The molecule has 0 atom stereocenters. The quantitative estimate of drug-likeness (QED) is 0.780. The van der Waals surface area contributed by atoms with Crippen molar-refractivity contribution < 1.29 is 19.5 Å². The molecular weight excluding hydrogens is 250 g/mol. The number of rotatable bonds is 2. The number of benzene rings is 1. The van der Waals surface area contributed by atoms with Crippen molar-refractivity contribution in [3.8, 4) is 23.0 Å². The summed E-state index contributed by atoms with van der Waals surface area (Å²) in [6, 6.07) is 4.15. The van der Waals surface area contributed by atoms with E-state index in [1.165, 1.54) is 18.2 Å². The predicted octanol–water partition coefficient (Wildman–Crippen LogP) is 0.984. The fourth-order valence-electron chi connectivity index (χ4n) is 1.91. The predicted molar refractivity (Wildman–Crippen MR) is 66.1 cm³/mol. The molecule has 3 rings (SSSR count). The lowest BCUT2D eigenvalue weighted by molar-refractivity contribution is 0.121. The molecule has 1 aliphatic heterocycles. The fraction of sp³-hybridized carbons (Fsp3) is 0.333. The second-order valence-corrected chi connectivity index (χ2v) is 4.20. The Morgan fingerprint density at radius 3 is 2.74 bits per heavy atom. The van der Waals surface area contributed by atoms with E-state index in [0.29, 0.717) is 37.8 Å². The van der Waals surface area contributed by atoms with Gasteiger partial charge in [-0.15, -0.1) is 0 Å². The van der Waals surface area contributed by atoms with E-state index in [1.54, 1.807) is 0 Å². The van der Waals surface area contributed by atoms with Crippen LogP contribution in [0.1, 0.15) is 0 Å². The summed E-state index contributed by atoms with van der Waals surface area (Å²) in [7, 11) is 0. The van der Waals surface area contributed by atoms with Gasteiger partial charge in [-0.1, -0.05) is 0 Å². The second-order valence-electron chi connectivity index (χ2n) is 4.20. The molecule has 0 unspecified atom stereocenters. The molecule has 1 aliphatic rings. The number of ether oxygens (including phenoxy) is 1. The molecule has 1 saturated heterocycles. The standard InChI is InChI=1S/C12H13N3O4/c16-8-1-2-10(17)9(7-8)11-13-12(14-19-11)15-3-5-18-6-4-15/h1-2,7,16-17H,3-6H2. The van der Waals surface area contributed by atoms with Crippen LogP contribution in [0.25, 0.3) is 11.5 Å². The Hall–Kier alpha value is -2.28. The first kappa shape index (κ1) is 11.8. The highest BCUT2D eigenvalue weighted by Crippen LogP contribution is 2.31. The maximum absolute atomic E-state index is 9.74. The maximum atomic E-state index is 9.74. The average molecular weight is 263 g/mol. The number of phenols is 2. The largest absolute Gasteiger partial charge is 0.508 e. The molecule has 2 heterocycles. The highest BCUT2D eigenvalue weighted by molar-refractivity contribution is 5.65. The van der Waals surface area contributed by atoms with E-state index in [2.05, 4.69) is 10.1 Å². The van der Waals surface area contributed by atoms with E-state index in [0.717, 1.165) is 0 Å². The molecule has 0 amide bonds. The first-order chi connectivity index (χ1) is 9.24. The van der Waals surface area contributed by atoms with Crippen LogP contribution in [-0.2, 0) is 4.74 Å². The third-order valence-corrected chi connectivity index (χ3v) is 2.92. The van der Waals surface area contributed by atoms with Gasteiger partial charge in [-0.3, -0.25) is 0 Å². The van der Waals surface area contributed by atoms with E-state index in [9.17, 15) is 10.2 Å². The summed E-state index contributed by atoms with van der Waals surface area (Å²) in [6.45, 7) is 2.65. The van der Waals surface area contributed by atoms with E-state index in [-0.39, 0.29) is 17.4 Å². The van der Waals surface area contributed by atoms with Gasteiger partial charge >= 0.3 is 0 Å². The summed E-state index contributed by atoms with van der Waals surface area (Å²) in [5, 5.41) is 23.0. The summed E-state index contributed by atoms with van der Waals surface area (Å²) in [4.78, 5) is 6.17. The van der Waals surface area contributed by atoms with Gasteiger partial charge in [0.15, 0.2) is 0 Å². The first-order valence-corrected chi connectivity index (χ1v) is 5.93. The van der Waals surface area contributed by atoms with Crippen LogP contribution in [0.4, 0.5) is 5.95 Å². The Bertz CT molecular complexity index is 578. The zero-order valence-electron chi connectivity index (χ0n) is 10.1. The summed E-state index contributed by atoms with van der Waals surface area (Å²) in [5.41, 5.74) is 0.312. The van der Waals surface area contributed by atoms with Crippen molar-refractivity contribution in [3.05, 3.63) is 18.2 Å². The molecule has 1 aromatic carbocycles. The normalized spacial score (nSPS) is 15.7. The molecule has 0 saturated carbocycles. The number of aromatic hydroxyl groups is 2. The van der Waals surface area contributed by atoms with E-state index >= 15 is 0 Å². The van der Waals surface area contributed by atoms with Crippen LogP contribution in [0, 0.1) is 0 Å². The van der Waals surface area contributed by atoms with Crippen molar-refractivity contribution in [1.29, 1.82) is 0 Å². The molecule has 7 heteroatoms. The molecule has 2 N–H and O–H groups in total. The van der Waals surface area contributed by atoms with Crippen molar-refractivity contribution >= 4 is 5.95 Å². The van der Waals surface area contributed by atoms with Crippen molar-refractivity contribution in [2.24, 2.45) is 0 Å². The van der Waals surface area contributed by atoms with Gasteiger partial charge in [-0.2, -0.15) is 4.98 Å². The van der Waals surface area contributed by atoms with Gasteiger partial charge < -0.3 is 24.4 Å². The minimum absolute atomic E-state index is 0.0185. The number of morpholine rings is 1. The van der Waals surface area contributed by atoms with Crippen LogP contribution in [0.15, 0.2) is 22.7 Å². The van der Waals surface area contributed by atoms with E-state index < -0.39 is 0 Å². The van der Waals surface area contributed by atoms with Gasteiger partial charge in [0.2, 0.25) is 0 Å². The van der Waals surface area contributed by atoms with E-state index in [4.69, 9.17) is 9.26 Å². The molecule has 2 aromatic rings. The third kappa shape index (κ3) is 2.32. The summed E-state index contributed by atoms with van der Waals surface area (Å²) in [5.74, 6) is 0.643. The van der Waals surface area contributed by atoms with Gasteiger partial charge in [0.1, 0.15) is 11.5 Å². The Kier molecular flexibility index (Phi) is 2.96. The summed E-state index contributed by atoms with van der Waals surface area (Å²) in [6.07, 6.45) is 0. The highest BCUT2D eigenvalue weighted by Gasteiger charge is 2.19. The van der Waals surface area contributed by atoms with Gasteiger partial charge in [0, 0.05) is 13.1 Å². The minimum Gasteiger partial charge on any atom is -0.508 e.